The summed E-state index contributed by atoms with van der Waals surface area (Å²) in [5, 5.41) is 0.446. The number of rotatable bonds is 4. The van der Waals surface area contributed by atoms with E-state index in [0.717, 1.165) is 24.7 Å². The molecule has 0 aliphatic carbocycles. The second kappa shape index (κ2) is 5.74. The number of methoxy groups -OCH3 is 1. The van der Waals surface area contributed by atoms with E-state index in [1.165, 1.54) is 6.07 Å². The van der Waals surface area contributed by atoms with Crippen molar-refractivity contribution in [3.05, 3.63) is 28.8 Å². The van der Waals surface area contributed by atoms with Crippen LogP contribution in [0.5, 0.6) is 0 Å². The van der Waals surface area contributed by atoms with Gasteiger partial charge in [-0.3, -0.25) is 0 Å². The van der Waals surface area contributed by atoms with Gasteiger partial charge in [0.05, 0.1) is 12.1 Å². The highest BCUT2D eigenvalue weighted by molar-refractivity contribution is 7.99. The van der Waals surface area contributed by atoms with Crippen LogP contribution in [0.2, 0.25) is 5.02 Å². The molecule has 0 spiro atoms. The summed E-state index contributed by atoms with van der Waals surface area (Å²) < 4.78 is 18.6. The molecule has 0 radical (unpaired) electrons. The SMILES string of the molecule is CCSc1ccc(C(C)(F)C(=O)OC)cc1Cl. The Morgan fingerprint density at radius 2 is 2.24 bits per heavy atom. The first kappa shape index (κ1) is 14.3. The van der Waals surface area contributed by atoms with E-state index >= 15 is 0 Å². The van der Waals surface area contributed by atoms with Crippen molar-refractivity contribution in [1.29, 1.82) is 0 Å². The number of ether oxygens (including phenoxy) is 1. The Bertz CT molecular complexity index is 421. The van der Waals surface area contributed by atoms with E-state index in [-0.39, 0.29) is 5.56 Å². The average Bonchev–Trinajstić information content (AvgIpc) is 2.30. The van der Waals surface area contributed by atoms with Crippen molar-refractivity contribution in [2.24, 2.45) is 0 Å². The van der Waals surface area contributed by atoms with Crippen molar-refractivity contribution in [2.75, 3.05) is 12.9 Å². The normalized spacial score (nSPS) is 14.2. The predicted molar refractivity (Wildman–Crippen MR) is 68.3 cm³/mol. The molecule has 0 bridgehead atoms. The lowest BCUT2D eigenvalue weighted by Gasteiger charge is -2.18. The van der Waals surface area contributed by atoms with Crippen molar-refractivity contribution in [2.45, 2.75) is 24.4 Å². The van der Waals surface area contributed by atoms with Crippen molar-refractivity contribution < 1.29 is 13.9 Å². The minimum atomic E-state index is -2.17. The number of alkyl halides is 1. The van der Waals surface area contributed by atoms with Crippen molar-refractivity contribution in [3.63, 3.8) is 0 Å². The molecule has 0 aliphatic rings. The smallest absolute Gasteiger partial charge is 0.348 e. The quantitative estimate of drug-likeness (QED) is 0.618. The van der Waals surface area contributed by atoms with E-state index in [0.29, 0.717) is 5.02 Å². The van der Waals surface area contributed by atoms with Gasteiger partial charge in [0.2, 0.25) is 5.67 Å². The summed E-state index contributed by atoms with van der Waals surface area (Å²) in [7, 11) is 1.16. The van der Waals surface area contributed by atoms with Gasteiger partial charge in [-0.05, 0) is 24.8 Å². The molecule has 0 aromatic heterocycles. The Kier molecular flexibility index (Phi) is 4.83. The molecule has 0 saturated carbocycles. The molecule has 1 rings (SSSR count). The molecule has 0 saturated heterocycles. The topological polar surface area (TPSA) is 26.3 Å². The number of benzene rings is 1. The van der Waals surface area contributed by atoms with E-state index in [4.69, 9.17) is 11.6 Å². The number of carbonyl (C=O) groups is 1. The number of hydrogen-bond acceptors (Lipinski definition) is 3. The lowest BCUT2D eigenvalue weighted by Crippen LogP contribution is -2.28. The summed E-state index contributed by atoms with van der Waals surface area (Å²) in [5.41, 5.74) is -1.97. The molecule has 5 heteroatoms. The lowest BCUT2D eigenvalue weighted by molar-refractivity contribution is -0.154. The second-order valence-corrected chi connectivity index (χ2v) is 5.29. The lowest BCUT2D eigenvalue weighted by atomic mass is 9.98. The maximum Gasteiger partial charge on any atom is 0.348 e. The van der Waals surface area contributed by atoms with Gasteiger partial charge < -0.3 is 4.74 Å². The third-order valence-corrected chi connectivity index (χ3v) is 3.72. The minimum absolute atomic E-state index is 0.204. The number of hydrogen-bond donors (Lipinski definition) is 0. The van der Waals surface area contributed by atoms with Crippen LogP contribution in [0.4, 0.5) is 4.39 Å². The molecular weight excluding hydrogens is 263 g/mol. The summed E-state index contributed by atoms with van der Waals surface area (Å²) >= 11 is 7.59. The fourth-order valence-corrected chi connectivity index (χ4v) is 2.39. The third kappa shape index (κ3) is 3.13. The summed E-state index contributed by atoms with van der Waals surface area (Å²) in [6, 6.07) is 4.74. The van der Waals surface area contributed by atoms with Crippen LogP contribution >= 0.6 is 23.4 Å². The number of esters is 1. The summed E-state index contributed by atoms with van der Waals surface area (Å²) in [6.07, 6.45) is 0. The largest absolute Gasteiger partial charge is 0.466 e. The van der Waals surface area contributed by atoms with Crippen molar-refractivity contribution in [1.82, 2.24) is 0 Å². The molecule has 0 N–H and O–H groups in total. The first-order valence-corrected chi connectivity index (χ1v) is 6.50. The van der Waals surface area contributed by atoms with Crippen LogP contribution in [-0.2, 0) is 15.2 Å². The maximum atomic E-state index is 14.2. The molecule has 1 aromatic rings. The summed E-state index contributed by atoms with van der Waals surface area (Å²) in [4.78, 5) is 12.2. The van der Waals surface area contributed by atoms with Gasteiger partial charge in [0.15, 0.2) is 0 Å². The van der Waals surface area contributed by atoms with E-state index in [2.05, 4.69) is 4.74 Å². The van der Waals surface area contributed by atoms with Gasteiger partial charge in [-0.15, -0.1) is 11.8 Å². The van der Waals surface area contributed by atoms with Crippen LogP contribution in [0, 0.1) is 0 Å². The van der Waals surface area contributed by atoms with Crippen LogP contribution in [-0.4, -0.2) is 18.8 Å². The van der Waals surface area contributed by atoms with Crippen LogP contribution in [0.15, 0.2) is 23.1 Å². The number of carbonyl (C=O) groups excluding carboxylic acids is 1. The molecule has 1 aromatic carbocycles. The van der Waals surface area contributed by atoms with E-state index in [1.54, 1.807) is 23.9 Å². The first-order valence-electron chi connectivity index (χ1n) is 5.13. The van der Waals surface area contributed by atoms with Crippen LogP contribution in [0.1, 0.15) is 19.4 Å². The number of thioether (sulfide) groups is 1. The molecular formula is C12H14ClFO2S. The van der Waals surface area contributed by atoms with E-state index < -0.39 is 11.6 Å². The van der Waals surface area contributed by atoms with Gasteiger partial charge in [0.1, 0.15) is 0 Å². The molecule has 0 fully saturated rings. The molecule has 17 heavy (non-hydrogen) atoms. The van der Waals surface area contributed by atoms with Crippen molar-refractivity contribution in [3.8, 4) is 0 Å². The summed E-state index contributed by atoms with van der Waals surface area (Å²) in [5.74, 6) is -0.0485. The van der Waals surface area contributed by atoms with Gasteiger partial charge in [-0.2, -0.15) is 0 Å². The molecule has 0 aliphatic heterocycles. The van der Waals surface area contributed by atoms with E-state index in [9.17, 15) is 9.18 Å². The predicted octanol–water partition coefficient (Wildman–Crippen LogP) is 3.81. The zero-order valence-corrected chi connectivity index (χ0v) is 11.5. The summed E-state index contributed by atoms with van der Waals surface area (Å²) in [6.45, 7) is 3.17. The molecule has 2 nitrogen and oxygen atoms in total. The highest BCUT2D eigenvalue weighted by Crippen LogP contribution is 2.33. The Morgan fingerprint density at radius 3 is 2.71 bits per heavy atom. The van der Waals surface area contributed by atoms with Crippen LogP contribution in [0.25, 0.3) is 0 Å². The Balaban J connectivity index is 3.08. The number of halogens is 2. The van der Waals surface area contributed by atoms with Gasteiger partial charge >= 0.3 is 5.97 Å². The average molecular weight is 277 g/mol. The molecule has 1 atom stereocenters. The standard InChI is InChI=1S/C12H14ClFO2S/c1-4-17-10-6-5-8(7-9(10)13)12(2,14)11(15)16-3/h5-7H,4H2,1-3H3. The maximum absolute atomic E-state index is 14.2. The zero-order valence-electron chi connectivity index (χ0n) is 9.92. The molecule has 94 valence electrons. The molecule has 0 amide bonds. The van der Waals surface area contributed by atoms with Gasteiger partial charge in [-0.1, -0.05) is 24.6 Å². The Morgan fingerprint density at radius 1 is 1.59 bits per heavy atom. The second-order valence-electron chi connectivity index (χ2n) is 3.57. The monoisotopic (exact) mass is 276 g/mol. The highest BCUT2D eigenvalue weighted by atomic mass is 35.5. The Labute approximate surface area is 109 Å². The highest BCUT2D eigenvalue weighted by Gasteiger charge is 2.36. The third-order valence-electron chi connectivity index (χ3n) is 2.34. The van der Waals surface area contributed by atoms with Crippen molar-refractivity contribution >= 4 is 29.3 Å². The fourth-order valence-electron chi connectivity index (χ4n) is 1.37. The fraction of sp³-hybridized carbons (Fsp3) is 0.417. The molecule has 1 unspecified atom stereocenters. The molecule has 0 heterocycles. The zero-order chi connectivity index (χ0) is 13.1. The minimum Gasteiger partial charge on any atom is -0.466 e. The van der Waals surface area contributed by atoms with Crippen LogP contribution in [0.3, 0.4) is 0 Å². The van der Waals surface area contributed by atoms with Crippen LogP contribution < -0.4 is 0 Å². The van der Waals surface area contributed by atoms with Gasteiger partial charge in [-0.25, -0.2) is 9.18 Å². The van der Waals surface area contributed by atoms with Gasteiger partial charge in [0.25, 0.3) is 0 Å². The van der Waals surface area contributed by atoms with E-state index in [1.807, 2.05) is 6.92 Å². The van der Waals surface area contributed by atoms with Gasteiger partial charge in [0, 0.05) is 10.5 Å². The Hall–Kier alpha value is -0.740. The first-order chi connectivity index (χ1) is 7.93.